The topological polar surface area (TPSA) is 76.9 Å². The summed E-state index contributed by atoms with van der Waals surface area (Å²) < 4.78 is 0.322. The third-order valence-electron chi connectivity index (χ3n) is 0.906. The first-order valence-electron chi connectivity index (χ1n) is 2.34. The number of halogens is 2. The van der Waals surface area contributed by atoms with E-state index in [1.165, 1.54) is 0 Å². The molecule has 0 amide bonds. The van der Waals surface area contributed by atoms with E-state index in [-0.39, 0.29) is 27.0 Å². The van der Waals surface area contributed by atoms with Gasteiger partial charge in [0.25, 0.3) is 0 Å². The number of aromatic nitrogens is 3. The Balaban J connectivity index is 0.00000121. The summed E-state index contributed by atoms with van der Waals surface area (Å²) in [5.74, 6) is 0. The van der Waals surface area contributed by atoms with Crippen LogP contribution in [0.15, 0.2) is 14.4 Å². The van der Waals surface area contributed by atoms with Gasteiger partial charge in [0, 0.05) is 23.6 Å². The predicted molar refractivity (Wildman–Crippen MR) is 45.2 cm³/mol. The zero-order valence-electron chi connectivity index (χ0n) is 4.88. The minimum atomic E-state index is -1.10. The molecule has 0 saturated heterocycles. The van der Waals surface area contributed by atoms with Crippen LogP contribution in [0, 0.1) is 0 Å². The Morgan fingerprint density at radius 1 is 1.00 bits per heavy atom. The van der Waals surface area contributed by atoms with Gasteiger partial charge in [-0.15, -0.1) is 8.17 Å². The molecule has 6 nitrogen and oxygen atoms in total. The second-order valence-corrected chi connectivity index (χ2v) is 2.26. The van der Waals surface area contributed by atoms with Crippen molar-refractivity contribution < 1.29 is 0 Å². The number of hydrogen-bond donors (Lipinski definition) is 1. The van der Waals surface area contributed by atoms with Crippen molar-refractivity contribution in [3.63, 3.8) is 0 Å². The Morgan fingerprint density at radius 3 is 1.67 bits per heavy atom. The van der Waals surface area contributed by atoms with Crippen LogP contribution in [0.1, 0.15) is 0 Å². The molecular weight excluding hydrogens is 204 g/mol. The van der Waals surface area contributed by atoms with Gasteiger partial charge in [-0.05, 0) is 0 Å². The van der Waals surface area contributed by atoms with Crippen LogP contribution in [0.5, 0.6) is 0 Å². The van der Waals surface area contributed by atoms with Crippen LogP contribution >= 0.6 is 23.6 Å². The normalized spacial score (nSPS) is 9.17. The maximum atomic E-state index is 10.7. The van der Waals surface area contributed by atoms with Gasteiger partial charge in [-0.25, -0.2) is 14.4 Å². The SMILES string of the molecule is O=c1[nH]c(=O)n(Cl)c(=O)n1Cl.[LiH]. The summed E-state index contributed by atoms with van der Waals surface area (Å²) in [6, 6.07) is 0. The second-order valence-electron chi connectivity index (χ2n) is 1.58. The van der Waals surface area contributed by atoms with Crippen LogP contribution in [0.25, 0.3) is 0 Å². The molecular formula is C3H2Cl2LiN3O3. The molecule has 0 spiro atoms. The number of rotatable bonds is 0. The molecule has 62 valence electrons. The summed E-state index contributed by atoms with van der Waals surface area (Å²) in [5, 5.41) is 0. The van der Waals surface area contributed by atoms with E-state index in [2.05, 4.69) is 0 Å². The van der Waals surface area contributed by atoms with E-state index in [1.807, 2.05) is 0 Å². The minimum absolute atomic E-state index is 0. The summed E-state index contributed by atoms with van der Waals surface area (Å²) in [6.07, 6.45) is 0. The van der Waals surface area contributed by atoms with Gasteiger partial charge in [0.2, 0.25) is 0 Å². The Labute approximate surface area is 87.1 Å². The van der Waals surface area contributed by atoms with Crippen LogP contribution in [0.3, 0.4) is 0 Å². The van der Waals surface area contributed by atoms with Crippen molar-refractivity contribution in [1.29, 1.82) is 0 Å². The average molecular weight is 206 g/mol. The van der Waals surface area contributed by atoms with Gasteiger partial charge in [-0.3, -0.25) is 4.98 Å². The first-order valence-corrected chi connectivity index (χ1v) is 3.02. The summed E-state index contributed by atoms with van der Waals surface area (Å²) in [5.41, 5.74) is -3.13. The molecule has 1 N–H and O–H groups in total. The first kappa shape index (κ1) is 11.6. The predicted octanol–water partition coefficient (Wildman–Crippen LogP) is -1.95. The second kappa shape index (κ2) is 4.01. The van der Waals surface area contributed by atoms with Crippen LogP contribution < -0.4 is 17.1 Å². The molecule has 0 unspecified atom stereocenters. The van der Waals surface area contributed by atoms with Crippen LogP contribution in [0.2, 0.25) is 0 Å². The van der Waals surface area contributed by atoms with Crippen molar-refractivity contribution in [3.05, 3.63) is 31.5 Å². The van der Waals surface area contributed by atoms with E-state index in [4.69, 9.17) is 23.6 Å². The van der Waals surface area contributed by atoms with Crippen molar-refractivity contribution in [2.45, 2.75) is 0 Å². The van der Waals surface area contributed by atoms with E-state index in [0.29, 0.717) is 0 Å². The summed E-state index contributed by atoms with van der Waals surface area (Å²) >= 11 is 10.1. The number of nitrogens with zero attached hydrogens (tertiary/aromatic N) is 2. The van der Waals surface area contributed by atoms with Crippen molar-refractivity contribution in [1.82, 2.24) is 13.2 Å². The van der Waals surface area contributed by atoms with Crippen LogP contribution in [-0.2, 0) is 0 Å². The van der Waals surface area contributed by atoms with Crippen molar-refractivity contribution in [3.8, 4) is 0 Å². The van der Waals surface area contributed by atoms with Gasteiger partial charge in [-0.2, -0.15) is 0 Å². The van der Waals surface area contributed by atoms with Gasteiger partial charge in [-0.1, -0.05) is 0 Å². The van der Waals surface area contributed by atoms with Gasteiger partial charge in [0.15, 0.2) is 0 Å². The van der Waals surface area contributed by atoms with Gasteiger partial charge < -0.3 is 0 Å². The van der Waals surface area contributed by atoms with Crippen LogP contribution in [0.4, 0.5) is 0 Å². The number of H-pyrrole nitrogens is 1. The Hall–Kier alpha value is -0.413. The molecule has 0 aromatic carbocycles. The third-order valence-corrected chi connectivity index (χ3v) is 1.50. The van der Waals surface area contributed by atoms with E-state index in [9.17, 15) is 14.4 Å². The number of hydrogen-bond acceptors (Lipinski definition) is 3. The molecule has 0 saturated carbocycles. The monoisotopic (exact) mass is 205 g/mol. The van der Waals surface area contributed by atoms with Crippen molar-refractivity contribution >= 4 is 42.4 Å². The Morgan fingerprint density at radius 2 is 1.33 bits per heavy atom. The molecule has 9 heteroatoms. The van der Waals surface area contributed by atoms with Crippen LogP contribution in [-0.4, -0.2) is 32.0 Å². The van der Waals surface area contributed by atoms with E-state index in [0.717, 1.165) is 0 Å². The van der Waals surface area contributed by atoms with Gasteiger partial charge in [0.1, 0.15) is 0 Å². The molecule has 0 radical (unpaired) electrons. The molecule has 0 bridgehead atoms. The number of nitrogens with one attached hydrogen (secondary N) is 1. The molecule has 0 aliphatic heterocycles. The van der Waals surface area contributed by atoms with Gasteiger partial charge >= 0.3 is 35.9 Å². The Bertz CT molecular complexity index is 408. The molecule has 1 heterocycles. The summed E-state index contributed by atoms with van der Waals surface area (Å²) in [6.45, 7) is 0. The average Bonchev–Trinajstić information content (AvgIpc) is 1.97. The zero-order valence-corrected chi connectivity index (χ0v) is 6.39. The molecule has 0 atom stereocenters. The molecule has 0 fully saturated rings. The van der Waals surface area contributed by atoms with E-state index in [1.54, 1.807) is 4.98 Å². The standard InChI is InChI=1S/C3HCl2N3O3.Li.H/c4-7-1(9)6-2(10)8(5)3(7)11;;/h(H,6,9,10);;. The van der Waals surface area contributed by atoms with Gasteiger partial charge in [0.05, 0.1) is 0 Å². The Kier molecular flexibility index (Phi) is 3.87. The molecule has 1 aromatic heterocycles. The molecule has 12 heavy (non-hydrogen) atoms. The van der Waals surface area contributed by atoms with E-state index < -0.39 is 17.1 Å². The quantitative estimate of drug-likeness (QED) is 0.501. The van der Waals surface area contributed by atoms with Crippen molar-refractivity contribution in [2.75, 3.05) is 0 Å². The zero-order chi connectivity index (χ0) is 8.59. The number of aromatic amines is 1. The molecule has 1 aromatic rings. The fourth-order valence-corrected chi connectivity index (χ4v) is 0.715. The molecule has 1 rings (SSSR count). The fraction of sp³-hybridized carbons (Fsp3) is 0. The third kappa shape index (κ3) is 1.84. The molecule has 0 aliphatic carbocycles. The summed E-state index contributed by atoms with van der Waals surface area (Å²) in [4.78, 5) is 33.4. The summed E-state index contributed by atoms with van der Waals surface area (Å²) in [7, 11) is 0. The van der Waals surface area contributed by atoms with E-state index >= 15 is 0 Å². The maximum absolute atomic E-state index is 10.7. The van der Waals surface area contributed by atoms with Crippen molar-refractivity contribution in [2.24, 2.45) is 0 Å². The molecule has 0 aliphatic rings. The first-order chi connectivity index (χ1) is 5.04. The fourth-order valence-electron chi connectivity index (χ4n) is 0.440.